The first-order chi connectivity index (χ1) is 15.2. The van der Waals surface area contributed by atoms with E-state index >= 15 is 0 Å². The first-order valence-electron chi connectivity index (χ1n) is 12.9. The van der Waals surface area contributed by atoms with Gasteiger partial charge in [0.2, 0.25) is 0 Å². The molecule has 0 aliphatic heterocycles. The Kier molecular flexibility index (Phi) is 10.3. The topological polar surface area (TPSA) is 51.2 Å². The summed E-state index contributed by atoms with van der Waals surface area (Å²) in [5, 5.41) is 0. The SMILES string of the molecule is CCCC(CC1CC(=O)c2c(ccc(CCC(C)CC)c2C)C1)C(CC)C(=O)CC(C)=O. The molecule has 0 saturated carbocycles. The number of rotatable bonds is 13. The molecule has 0 bridgehead atoms. The van der Waals surface area contributed by atoms with Crippen molar-refractivity contribution in [2.45, 2.75) is 106 Å². The van der Waals surface area contributed by atoms with Gasteiger partial charge in [-0.25, -0.2) is 0 Å². The highest BCUT2D eigenvalue weighted by molar-refractivity contribution is 6.00. The Labute approximate surface area is 195 Å². The summed E-state index contributed by atoms with van der Waals surface area (Å²) in [7, 11) is 0. The molecular weight excluding hydrogens is 396 g/mol. The Morgan fingerprint density at radius 3 is 2.38 bits per heavy atom. The van der Waals surface area contributed by atoms with Gasteiger partial charge in [0.25, 0.3) is 0 Å². The van der Waals surface area contributed by atoms with Gasteiger partial charge in [-0.2, -0.15) is 0 Å². The molecule has 0 amide bonds. The maximum Gasteiger partial charge on any atom is 0.163 e. The number of hydrogen-bond donors (Lipinski definition) is 0. The van der Waals surface area contributed by atoms with E-state index in [1.807, 2.05) is 0 Å². The van der Waals surface area contributed by atoms with Gasteiger partial charge in [-0.3, -0.25) is 14.4 Å². The van der Waals surface area contributed by atoms with Gasteiger partial charge in [-0.15, -0.1) is 0 Å². The van der Waals surface area contributed by atoms with E-state index in [1.54, 1.807) is 0 Å². The molecule has 0 heterocycles. The number of ketones is 3. The van der Waals surface area contributed by atoms with Crippen LogP contribution in [0.15, 0.2) is 12.1 Å². The fourth-order valence-electron chi connectivity index (χ4n) is 5.64. The van der Waals surface area contributed by atoms with Crippen LogP contribution in [0.4, 0.5) is 0 Å². The molecule has 178 valence electrons. The van der Waals surface area contributed by atoms with Gasteiger partial charge in [-0.05, 0) is 80.4 Å². The lowest BCUT2D eigenvalue weighted by molar-refractivity contribution is -0.129. The predicted octanol–water partition coefficient (Wildman–Crippen LogP) is 7.10. The van der Waals surface area contributed by atoms with Crippen LogP contribution in [0.3, 0.4) is 0 Å². The van der Waals surface area contributed by atoms with Crippen molar-refractivity contribution in [2.75, 3.05) is 0 Å². The molecule has 0 saturated heterocycles. The number of benzene rings is 1. The second kappa shape index (κ2) is 12.5. The van der Waals surface area contributed by atoms with Crippen molar-refractivity contribution in [3.8, 4) is 0 Å². The zero-order valence-corrected chi connectivity index (χ0v) is 21.3. The number of carbonyl (C=O) groups excluding carboxylic acids is 3. The van der Waals surface area contributed by atoms with Crippen molar-refractivity contribution in [1.29, 1.82) is 0 Å². The molecule has 2 rings (SSSR count). The van der Waals surface area contributed by atoms with E-state index in [0.717, 1.165) is 44.1 Å². The standard InChI is InChI=1S/C29H44O3/c1-7-10-24(26(9-3)27(31)15-20(5)30)16-22-17-25-14-13-23(12-11-19(4)8-2)21(6)29(25)28(32)18-22/h13-14,19,22,24,26H,7-12,15-18H2,1-6H3. The normalized spacial score (nSPS) is 18.7. The first kappa shape index (κ1) is 26.5. The van der Waals surface area contributed by atoms with Crippen molar-refractivity contribution < 1.29 is 14.4 Å². The Morgan fingerprint density at radius 1 is 1.06 bits per heavy atom. The van der Waals surface area contributed by atoms with Gasteiger partial charge in [0.1, 0.15) is 11.6 Å². The fraction of sp³-hybridized carbons (Fsp3) is 0.690. The third-order valence-electron chi connectivity index (χ3n) is 7.67. The fourth-order valence-corrected chi connectivity index (χ4v) is 5.64. The third-order valence-corrected chi connectivity index (χ3v) is 7.67. The highest BCUT2D eigenvalue weighted by atomic mass is 16.1. The lowest BCUT2D eigenvalue weighted by atomic mass is 9.71. The minimum absolute atomic E-state index is 0.0454. The molecule has 0 spiro atoms. The monoisotopic (exact) mass is 440 g/mol. The van der Waals surface area contributed by atoms with Crippen molar-refractivity contribution in [3.63, 3.8) is 0 Å². The smallest absolute Gasteiger partial charge is 0.163 e. The van der Waals surface area contributed by atoms with E-state index in [2.05, 4.69) is 46.8 Å². The molecule has 4 unspecified atom stereocenters. The van der Waals surface area contributed by atoms with E-state index in [-0.39, 0.29) is 41.5 Å². The zero-order valence-electron chi connectivity index (χ0n) is 21.3. The molecule has 3 nitrogen and oxygen atoms in total. The summed E-state index contributed by atoms with van der Waals surface area (Å²) >= 11 is 0. The van der Waals surface area contributed by atoms with E-state index in [4.69, 9.17) is 0 Å². The lowest BCUT2D eigenvalue weighted by Gasteiger charge is -2.32. The van der Waals surface area contributed by atoms with Crippen LogP contribution in [0.2, 0.25) is 0 Å². The molecule has 0 radical (unpaired) electrons. The Bertz CT molecular complexity index is 807. The highest BCUT2D eigenvalue weighted by Gasteiger charge is 2.33. The molecule has 4 atom stereocenters. The van der Waals surface area contributed by atoms with Gasteiger partial charge >= 0.3 is 0 Å². The number of Topliss-reactive ketones (excluding diaryl/α,β-unsaturated/α-hetero) is 3. The zero-order chi connectivity index (χ0) is 23.8. The first-order valence-corrected chi connectivity index (χ1v) is 12.9. The molecule has 32 heavy (non-hydrogen) atoms. The molecule has 0 aromatic heterocycles. The third kappa shape index (κ3) is 6.86. The largest absolute Gasteiger partial charge is 0.300 e. The molecular formula is C29H44O3. The van der Waals surface area contributed by atoms with Gasteiger partial charge in [0, 0.05) is 17.9 Å². The molecule has 3 heteroatoms. The van der Waals surface area contributed by atoms with Crippen LogP contribution < -0.4 is 0 Å². The quantitative estimate of drug-likeness (QED) is 0.307. The molecule has 1 aromatic rings. The number of hydrogen-bond acceptors (Lipinski definition) is 3. The number of fused-ring (bicyclic) bond motifs is 1. The molecule has 1 aliphatic carbocycles. The number of aryl methyl sites for hydroxylation is 1. The van der Waals surface area contributed by atoms with E-state index in [9.17, 15) is 14.4 Å². The maximum atomic E-state index is 13.2. The molecule has 0 fully saturated rings. The second-order valence-corrected chi connectivity index (χ2v) is 10.3. The minimum atomic E-state index is -0.0694. The summed E-state index contributed by atoms with van der Waals surface area (Å²) in [6.07, 6.45) is 8.62. The molecule has 0 N–H and O–H groups in total. The average Bonchev–Trinajstić information content (AvgIpc) is 2.72. The van der Waals surface area contributed by atoms with Crippen molar-refractivity contribution in [2.24, 2.45) is 23.7 Å². The molecule has 1 aliphatic rings. The summed E-state index contributed by atoms with van der Waals surface area (Å²) in [6, 6.07) is 4.42. The van der Waals surface area contributed by atoms with Gasteiger partial charge in [-0.1, -0.05) is 59.1 Å². The lowest BCUT2D eigenvalue weighted by Crippen LogP contribution is -2.30. The van der Waals surface area contributed by atoms with Crippen molar-refractivity contribution >= 4 is 17.3 Å². The van der Waals surface area contributed by atoms with Gasteiger partial charge in [0.05, 0.1) is 6.42 Å². The van der Waals surface area contributed by atoms with Crippen LogP contribution in [-0.2, 0) is 22.4 Å². The Balaban J connectivity index is 2.17. The maximum absolute atomic E-state index is 13.2. The Hall–Kier alpha value is -1.77. The summed E-state index contributed by atoms with van der Waals surface area (Å²) in [5.74, 6) is 1.49. The van der Waals surface area contributed by atoms with E-state index in [0.29, 0.717) is 12.3 Å². The van der Waals surface area contributed by atoms with Crippen LogP contribution in [0.5, 0.6) is 0 Å². The summed E-state index contributed by atoms with van der Waals surface area (Å²) in [6.45, 7) is 12.3. The Morgan fingerprint density at radius 2 is 1.78 bits per heavy atom. The number of carbonyl (C=O) groups is 3. The van der Waals surface area contributed by atoms with Crippen molar-refractivity contribution in [1.82, 2.24) is 0 Å². The van der Waals surface area contributed by atoms with Crippen LogP contribution >= 0.6 is 0 Å². The molecule has 1 aromatic carbocycles. The highest BCUT2D eigenvalue weighted by Crippen LogP contribution is 2.37. The predicted molar refractivity (Wildman–Crippen MR) is 132 cm³/mol. The van der Waals surface area contributed by atoms with Gasteiger partial charge < -0.3 is 0 Å². The minimum Gasteiger partial charge on any atom is -0.300 e. The van der Waals surface area contributed by atoms with Crippen molar-refractivity contribution in [3.05, 3.63) is 34.4 Å². The van der Waals surface area contributed by atoms with E-state index < -0.39 is 0 Å². The second-order valence-electron chi connectivity index (χ2n) is 10.3. The van der Waals surface area contributed by atoms with Gasteiger partial charge in [0.15, 0.2) is 5.78 Å². The summed E-state index contributed by atoms with van der Waals surface area (Å²) in [4.78, 5) is 37.5. The van der Waals surface area contributed by atoms with Crippen LogP contribution in [0, 0.1) is 30.6 Å². The summed E-state index contributed by atoms with van der Waals surface area (Å²) in [5.41, 5.74) is 4.66. The van der Waals surface area contributed by atoms with Crippen LogP contribution in [0.1, 0.15) is 113 Å². The van der Waals surface area contributed by atoms with E-state index in [1.165, 1.54) is 36.5 Å². The average molecular weight is 441 g/mol. The summed E-state index contributed by atoms with van der Waals surface area (Å²) < 4.78 is 0. The van der Waals surface area contributed by atoms with Crippen LogP contribution in [0.25, 0.3) is 0 Å². The van der Waals surface area contributed by atoms with Crippen LogP contribution in [-0.4, -0.2) is 17.3 Å².